The van der Waals surface area contributed by atoms with Gasteiger partial charge in [-0.25, -0.2) is 0 Å². The summed E-state index contributed by atoms with van der Waals surface area (Å²) in [4.78, 5) is 11.9. The van der Waals surface area contributed by atoms with E-state index in [1.165, 1.54) is 11.8 Å². The summed E-state index contributed by atoms with van der Waals surface area (Å²) in [6.45, 7) is 10.1. The minimum absolute atomic E-state index is 0.00581. The number of nitrogen functional groups attached to an aromatic ring is 1. The summed E-state index contributed by atoms with van der Waals surface area (Å²) in [7, 11) is 0. The van der Waals surface area contributed by atoms with E-state index >= 15 is 0 Å². The molecule has 1 amide bonds. The standard InChI is InChI=1S/C12H23N5OS/c1-6-12(4,5)14-9(18)7-19-11-16-15-10(13)17(11)8(2)3/h8H,6-7H2,1-5H3,(H2,13,15)(H,14,18). The third-order valence-corrected chi connectivity index (χ3v) is 3.84. The Bertz CT molecular complexity index is 441. The van der Waals surface area contributed by atoms with E-state index in [-0.39, 0.29) is 17.5 Å². The third-order valence-electron chi connectivity index (χ3n) is 2.90. The lowest BCUT2D eigenvalue weighted by atomic mass is 10.0. The highest BCUT2D eigenvalue weighted by molar-refractivity contribution is 7.99. The number of aromatic nitrogens is 3. The van der Waals surface area contributed by atoms with Crippen LogP contribution >= 0.6 is 11.8 Å². The summed E-state index contributed by atoms with van der Waals surface area (Å²) in [6, 6.07) is 0.174. The van der Waals surface area contributed by atoms with Crippen LogP contribution in [-0.2, 0) is 4.79 Å². The minimum atomic E-state index is -0.178. The van der Waals surface area contributed by atoms with Crippen molar-refractivity contribution in [2.24, 2.45) is 0 Å². The highest BCUT2D eigenvalue weighted by Gasteiger charge is 2.19. The summed E-state index contributed by atoms with van der Waals surface area (Å²) in [5.74, 6) is 0.689. The van der Waals surface area contributed by atoms with Crippen molar-refractivity contribution in [3.05, 3.63) is 0 Å². The summed E-state index contributed by atoms with van der Waals surface area (Å²) in [5.41, 5.74) is 5.57. The van der Waals surface area contributed by atoms with Crippen LogP contribution in [0.15, 0.2) is 5.16 Å². The Morgan fingerprint density at radius 2 is 2.11 bits per heavy atom. The molecule has 0 fully saturated rings. The van der Waals surface area contributed by atoms with E-state index in [1.54, 1.807) is 0 Å². The molecule has 0 saturated carbocycles. The van der Waals surface area contributed by atoms with Gasteiger partial charge in [0.2, 0.25) is 11.9 Å². The molecule has 1 aromatic heterocycles. The summed E-state index contributed by atoms with van der Waals surface area (Å²) < 4.78 is 1.82. The van der Waals surface area contributed by atoms with Gasteiger partial charge in [0.15, 0.2) is 5.16 Å². The number of rotatable bonds is 6. The summed E-state index contributed by atoms with van der Waals surface area (Å²) in [6.07, 6.45) is 0.887. The van der Waals surface area contributed by atoms with E-state index < -0.39 is 0 Å². The summed E-state index contributed by atoms with van der Waals surface area (Å²) in [5, 5.41) is 11.5. The van der Waals surface area contributed by atoms with E-state index in [0.717, 1.165) is 6.42 Å². The van der Waals surface area contributed by atoms with Crippen molar-refractivity contribution < 1.29 is 4.79 Å². The van der Waals surface area contributed by atoms with Crippen LogP contribution in [0.2, 0.25) is 0 Å². The highest BCUT2D eigenvalue weighted by Crippen LogP contribution is 2.22. The molecule has 0 saturated heterocycles. The van der Waals surface area contributed by atoms with Crippen molar-refractivity contribution in [2.75, 3.05) is 11.5 Å². The molecule has 3 N–H and O–H groups in total. The fourth-order valence-corrected chi connectivity index (χ4v) is 2.38. The first-order valence-corrected chi connectivity index (χ1v) is 7.39. The van der Waals surface area contributed by atoms with Crippen LogP contribution in [0, 0.1) is 0 Å². The zero-order valence-electron chi connectivity index (χ0n) is 12.2. The molecule has 0 aromatic carbocycles. The predicted molar refractivity (Wildman–Crippen MR) is 78.1 cm³/mol. The van der Waals surface area contributed by atoms with E-state index in [0.29, 0.717) is 16.9 Å². The minimum Gasteiger partial charge on any atom is -0.368 e. The van der Waals surface area contributed by atoms with Crippen molar-refractivity contribution in [2.45, 2.75) is 57.8 Å². The third kappa shape index (κ3) is 4.41. The maximum absolute atomic E-state index is 11.9. The number of carbonyl (C=O) groups is 1. The second-order valence-electron chi connectivity index (χ2n) is 5.38. The highest BCUT2D eigenvalue weighted by atomic mass is 32.2. The predicted octanol–water partition coefficient (Wildman–Crippen LogP) is 1.84. The van der Waals surface area contributed by atoms with Gasteiger partial charge in [0.05, 0.1) is 5.75 Å². The molecule has 0 unspecified atom stereocenters. The molecule has 7 heteroatoms. The van der Waals surface area contributed by atoms with Gasteiger partial charge < -0.3 is 11.1 Å². The first-order valence-electron chi connectivity index (χ1n) is 6.41. The molecule has 1 rings (SSSR count). The molecule has 0 atom stereocenters. The topological polar surface area (TPSA) is 85.8 Å². The number of nitrogens with one attached hydrogen (secondary N) is 1. The average Bonchev–Trinajstić information content (AvgIpc) is 2.67. The van der Waals surface area contributed by atoms with Crippen molar-refractivity contribution in [3.63, 3.8) is 0 Å². The number of nitrogens with zero attached hydrogens (tertiary/aromatic N) is 3. The largest absolute Gasteiger partial charge is 0.368 e. The molecule has 0 spiro atoms. The molecule has 0 radical (unpaired) electrons. The first-order chi connectivity index (χ1) is 8.76. The molecule has 108 valence electrons. The van der Waals surface area contributed by atoms with Crippen molar-refractivity contribution in [1.82, 2.24) is 20.1 Å². The van der Waals surface area contributed by atoms with Crippen LogP contribution in [0.3, 0.4) is 0 Å². The SMILES string of the molecule is CCC(C)(C)NC(=O)CSc1nnc(N)n1C(C)C. The van der Waals surface area contributed by atoms with Gasteiger partial charge in [-0.2, -0.15) is 0 Å². The molecule has 6 nitrogen and oxygen atoms in total. The van der Waals surface area contributed by atoms with Crippen LogP contribution in [0.5, 0.6) is 0 Å². The second kappa shape index (κ2) is 6.27. The van der Waals surface area contributed by atoms with Crippen LogP contribution in [-0.4, -0.2) is 32.0 Å². The van der Waals surface area contributed by atoms with Crippen molar-refractivity contribution in [1.29, 1.82) is 0 Å². The molecule has 0 aliphatic rings. The molecule has 1 aromatic rings. The Hall–Kier alpha value is -1.24. The number of thioether (sulfide) groups is 1. The van der Waals surface area contributed by atoms with Crippen LogP contribution < -0.4 is 11.1 Å². The van der Waals surface area contributed by atoms with Crippen molar-refractivity contribution >= 4 is 23.6 Å². The molecular weight excluding hydrogens is 262 g/mol. The number of nitrogens with two attached hydrogens (primary N) is 1. The van der Waals surface area contributed by atoms with Crippen LogP contribution in [0.25, 0.3) is 0 Å². The quantitative estimate of drug-likeness (QED) is 0.779. The lowest BCUT2D eigenvalue weighted by Crippen LogP contribution is -2.43. The number of hydrogen-bond acceptors (Lipinski definition) is 5. The van der Waals surface area contributed by atoms with Gasteiger partial charge in [0, 0.05) is 11.6 Å². The van der Waals surface area contributed by atoms with Gasteiger partial charge in [0.1, 0.15) is 0 Å². The van der Waals surface area contributed by atoms with Crippen LogP contribution in [0.1, 0.15) is 47.1 Å². The Balaban J connectivity index is 2.61. The fourth-order valence-electron chi connectivity index (χ4n) is 1.50. The number of hydrogen-bond donors (Lipinski definition) is 2. The maximum atomic E-state index is 11.9. The Labute approximate surface area is 118 Å². The lowest BCUT2D eigenvalue weighted by Gasteiger charge is -2.24. The zero-order valence-corrected chi connectivity index (χ0v) is 13.0. The van der Waals surface area contributed by atoms with Gasteiger partial charge in [-0.05, 0) is 34.1 Å². The fraction of sp³-hybridized carbons (Fsp3) is 0.750. The summed E-state index contributed by atoms with van der Waals surface area (Å²) >= 11 is 1.35. The maximum Gasteiger partial charge on any atom is 0.230 e. The van der Waals surface area contributed by atoms with Gasteiger partial charge in [0.25, 0.3) is 0 Å². The molecule has 0 bridgehead atoms. The number of anilines is 1. The molecule has 1 heterocycles. The average molecular weight is 285 g/mol. The van der Waals surface area contributed by atoms with Gasteiger partial charge >= 0.3 is 0 Å². The Morgan fingerprint density at radius 1 is 1.47 bits per heavy atom. The van der Waals surface area contributed by atoms with Crippen molar-refractivity contribution in [3.8, 4) is 0 Å². The van der Waals surface area contributed by atoms with E-state index in [2.05, 4.69) is 15.5 Å². The normalized spacial score (nSPS) is 11.9. The lowest BCUT2D eigenvalue weighted by molar-refractivity contribution is -0.120. The second-order valence-corrected chi connectivity index (χ2v) is 6.32. The Morgan fingerprint density at radius 3 is 2.63 bits per heavy atom. The molecular formula is C12H23N5OS. The molecule has 19 heavy (non-hydrogen) atoms. The monoisotopic (exact) mass is 285 g/mol. The van der Waals surface area contributed by atoms with E-state index in [1.807, 2.05) is 39.2 Å². The number of amides is 1. The van der Waals surface area contributed by atoms with Gasteiger partial charge in [-0.15, -0.1) is 10.2 Å². The number of carbonyl (C=O) groups excluding carboxylic acids is 1. The van der Waals surface area contributed by atoms with E-state index in [4.69, 9.17) is 5.73 Å². The smallest absolute Gasteiger partial charge is 0.230 e. The van der Waals surface area contributed by atoms with Crippen LogP contribution in [0.4, 0.5) is 5.95 Å². The van der Waals surface area contributed by atoms with Gasteiger partial charge in [-0.1, -0.05) is 18.7 Å². The van der Waals surface area contributed by atoms with Gasteiger partial charge in [-0.3, -0.25) is 9.36 Å². The zero-order chi connectivity index (χ0) is 14.6. The molecule has 0 aliphatic carbocycles. The molecule has 0 aliphatic heterocycles. The first kappa shape index (κ1) is 15.8. The Kier molecular flexibility index (Phi) is 5.22. The van der Waals surface area contributed by atoms with E-state index in [9.17, 15) is 4.79 Å².